The molecule has 6 nitrogen and oxygen atoms in total. The van der Waals surface area contributed by atoms with E-state index in [4.69, 9.17) is 0 Å². The lowest BCUT2D eigenvalue weighted by molar-refractivity contribution is -0.118. The first kappa shape index (κ1) is 21.7. The summed E-state index contributed by atoms with van der Waals surface area (Å²) in [4.78, 5) is 12.5. The van der Waals surface area contributed by atoms with Gasteiger partial charge in [0.15, 0.2) is 0 Å². The molecule has 0 unspecified atom stereocenters. The molecule has 1 aromatic heterocycles. The fourth-order valence-electron chi connectivity index (χ4n) is 2.96. The lowest BCUT2D eigenvalue weighted by Gasteiger charge is -2.20. The van der Waals surface area contributed by atoms with E-state index in [1.165, 1.54) is 16.8 Å². The number of sulfonamides is 1. The highest BCUT2D eigenvalue weighted by molar-refractivity contribution is 7.90. The minimum absolute atomic E-state index is 0.0834. The van der Waals surface area contributed by atoms with Crippen LogP contribution in [0.15, 0.2) is 59.6 Å². The van der Waals surface area contributed by atoms with Crippen molar-refractivity contribution >= 4 is 15.9 Å². The maximum atomic E-state index is 13.1. The Labute approximate surface area is 175 Å². The zero-order valence-corrected chi connectivity index (χ0v) is 18.1. The van der Waals surface area contributed by atoms with Crippen molar-refractivity contribution in [3.63, 3.8) is 0 Å². The summed E-state index contributed by atoms with van der Waals surface area (Å²) in [5.74, 6) is -1.04. The SMILES string of the molecule is Cc1ccc(C(C)(C)C)cc1S(=O)(=O)NC(=O)Cc1ccn(-c2ccc(F)cc2)n1. The van der Waals surface area contributed by atoms with Crippen molar-refractivity contribution in [1.82, 2.24) is 14.5 Å². The van der Waals surface area contributed by atoms with Gasteiger partial charge in [0.2, 0.25) is 5.91 Å². The lowest BCUT2D eigenvalue weighted by atomic mass is 9.87. The number of carbonyl (C=O) groups is 1. The number of rotatable bonds is 5. The molecular weight excluding hydrogens is 405 g/mol. The van der Waals surface area contributed by atoms with E-state index in [0.717, 1.165) is 5.56 Å². The van der Waals surface area contributed by atoms with Gasteiger partial charge in [0, 0.05) is 6.20 Å². The van der Waals surface area contributed by atoms with E-state index in [0.29, 0.717) is 16.9 Å². The van der Waals surface area contributed by atoms with Crippen LogP contribution in [0.1, 0.15) is 37.6 Å². The van der Waals surface area contributed by atoms with Gasteiger partial charge in [-0.2, -0.15) is 5.10 Å². The van der Waals surface area contributed by atoms with Crippen molar-refractivity contribution < 1.29 is 17.6 Å². The van der Waals surface area contributed by atoms with Crippen LogP contribution in [0.25, 0.3) is 5.69 Å². The smallest absolute Gasteiger partial charge is 0.264 e. The van der Waals surface area contributed by atoms with Gasteiger partial charge in [-0.3, -0.25) is 4.79 Å². The number of benzene rings is 2. The molecule has 0 aliphatic rings. The first-order valence-electron chi connectivity index (χ1n) is 9.43. The number of hydrogen-bond acceptors (Lipinski definition) is 4. The Hall–Kier alpha value is -3.00. The maximum Gasteiger partial charge on any atom is 0.264 e. The minimum atomic E-state index is -4.02. The fraction of sp³-hybridized carbons (Fsp3) is 0.273. The molecule has 3 rings (SSSR count). The van der Waals surface area contributed by atoms with E-state index in [2.05, 4.69) is 9.82 Å². The van der Waals surface area contributed by atoms with Crippen LogP contribution in [0, 0.1) is 12.7 Å². The van der Waals surface area contributed by atoms with Crippen LogP contribution in [-0.2, 0) is 26.7 Å². The molecule has 0 atom stereocenters. The zero-order chi connectivity index (χ0) is 22.1. The van der Waals surface area contributed by atoms with Crippen LogP contribution in [0.5, 0.6) is 0 Å². The number of nitrogens with one attached hydrogen (secondary N) is 1. The van der Waals surface area contributed by atoms with E-state index in [9.17, 15) is 17.6 Å². The Morgan fingerprint density at radius 2 is 1.77 bits per heavy atom. The molecule has 2 aromatic carbocycles. The van der Waals surface area contributed by atoms with Gasteiger partial charge in [0.25, 0.3) is 10.0 Å². The van der Waals surface area contributed by atoms with Crippen LogP contribution in [-0.4, -0.2) is 24.1 Å². The third-order valence-electron chi connectivity index (χ3n) is 4.67. The summed E-state index contributed by atoms with van der Waals surface area (Å²) < 4.78 is 42.3. The third kappa shape index (κ3) is 4.94. The molecular formula is C22H24FN3O3S. The van der Waals surface area contributed by atoms with Gasteiger partial charge in [0.1, 0.15) is 5.82 Å². The van der Waals surface area contributed by atoms with Crippen LogP contribution >= 0.6 is 0 Å². The summed E-state index contributed by atoms with van der Waals surface area (Å²) in [5, 5.41) is 4.26. The standard InChI is InChI=1S/C22H24FN3O3S/c1-15-5-6-16(22(2,3)4)13-20(15)30(28,29)25-21(27)14-18-11-12-26(24-18)19-9-7-17(23)8-10-19/h5-13H,14H2,1-4H3,(H,25,27). The molecule has 0 spiro atoms. The Bertz CT molecular complexity index is 1180. The summed E-state index contributed by atoms with van der Waals surface area (Å²) in [6.45, 7) is 7.66. The summed E-state index contributed by atoms with van der Waals surface area (Å²) in [6.07, 6.45) is 1.42. The first-order valence-corrected chi connectivity index (χ1v) is 10.9. The number of nitrogens with zero attached hydrogens (tertiary/aromatic N) is 2. The van der Waals surface area contributed by atoms with E-state index in [1.54, 1.807) is 43.5 Å². The highest BCUT2D eigenvalue weighted by Gasteiger charge is 2.23. The minimum Gasteiger partial charge on any atom is -0.274 e. The fourth-order valence-corrected chi connectivity index (χ4v) is 4.21. The Morgan fingerprint density at radius 3 is 2.40 bits per heavy atom. The highest BCUT2D eigenvalue weighted by Crippen LogP contribution is 2.26. The average Bonchev–Trinajstić information content (AvgIpc) is 3.09. The van der Waals surface area contributed by atoms with E-state index in [-0.39, 0.29) is 22.5 Å². The monoisotopic (exact) mass is 429 g/mol. The molecule has 8 heteroatoms. The molecule has 0 aliphatic heterocycles. The highest BCUT2D eigenvalue weighted by atomic mass is 32.2. The predicted molar refractivity (Wildman–Crippen MR) is 112 cm³/mol. The Kier molecular flexibility index (Phi) is 5.81. The Morgan fingerprint density at radius 1 is 1.10 bits per heavy atom. The number of carbonyl (C=O) groups excluding carboxylic acids is 1. The van der Waals surface area contributed by atoms with Crippen LogP contribution in [0.3, 0.4) is 0 Å². The van der Waals surface area contributed by atoms with Crippen LogP contribution in [0.2, 0.25) is 0 Å². The summed E-state index contributed by atoms with van der Waals surface area (Å²) in [6, 6.07) is 12.6. The predicted octanol–water partition coefficient (Wildman–Crippen LogP) is 3.66. The average molecular weight is 430 g/mol. The van der Waals surface area contributed by atoms with Crippen molar-refractivity contribution in [2.45, 2.75) is 44.4 Å². The van der Waals surface area contributed by atoms with Gasteiger partial charge in [-0.1, -0.05) is 32.9 Å². The van der Waals surface area contributed by atoms with Crippen molar-refractivity contribution in [3.05, 3.63) is 77.4 Å². The second kappa shape index (κ2) is 8.02. The first-order chi connectivity index (χ1) is 14.0. The van der Waals surface area contributed by atoms with Crippen molar-refractivity contribution in [2.75, 3.05) is 0 Å². The number of hydrogen-bond donors (Lipinski definition) is 1. The number of aromatic nitrogens is 2. The summed E-state index contributed by atoms with van der Waals surface area (Å²) >= 11 is 0. The third-order valence-corrected chi connectivity index (χ3v) is 6.18. The maximum absolute atomic E-state index is 13.1. The summed E-state index contributed by atoms with van der Waals surface area (Å²) in [5.41, 5.74) is 2.22. The molecule has 1 amide bonds. The molecule has 30 heavy (non-hydrogen) atoms. The molecule has 158 valence electrons. The number of halogens is 1. The lowest BCUT2D eigenvalue weighted by Crippen LogP contribution is -2.32. The van der Waals surface area contributed by atoms with Crippen molar-refractivity contribution in [1.29, 1.82) is 0 Å². The largest absolute Gasteiger partial charge is 0.274 e. The molecule has 0 bridgehead atoms. The second-order valence-electron chi connectivity index (χ2n) is 8.16. The van der Waals surface area contributed by atoms with Crippen molar-refractivity contribution in [3.8, 4) is 5.69 Å². The van der Waals surface area contributed by atoms with Gasteiger partial charge in [-0.05, 0) is 59.9 Å². The molecule has 3 aromatic rings. The molecule has 0 aliphatic carbocycles. The molecule has 0 radical (unpaired) electrons. The van der Waals surface area contributed by atoms with Gasteiger partial charge in [0.05, 0.1) is 22.7 Å². The zero-order valence-electron chi connectivity index (χ0n) is 17.3. The Balaban J connectivity index is 1.75. The van der Waals surface area contributed by atoms with E-state index < -0.39 is 15.9 Å². The molecule has 0 saturated carbocycles. The molecule has 0 saturated heterocycles. The van der Waals surface area contributed by atoms with Gasteiger partial charge >= 0.3 is 0 Å². The number of amides is 1. The van der Waals surface area contributed by atoms with Gasteiger partial charge in [-0.15, -0.1) is 0 Å². The second-order valence-corrected chi connectivity index (χ2v) is 9.81. The number of aryl methyl sites for hydroxylation is 1. The van der Waals surface area contributed by atoms with E-state index >= 15 is 0 Å². The summed E-state index contributed by atoms with van der Waals surface area (Å²) in [7, 11) is -4.02. The normalized spacial score (nSPS) is 12.0. The van der Waals surface area contributed by atoms with Crippen LogP contribution in [0.4, 0.5) is 4.39 Å². The van der Waals surface area contributed by atoms with Crippen molar-refractivity contribution in [2.24, 2.45) is 0 Å². The molecule has 1 N–H and O–H groups in total. The van der Waals surface area contributed by atoms with Gasteiger partial charge in [-0.25, -0.2) is 22.2 Å². The molecule has 1 heterocycles. The van der Waals surface area contributed by atoms with Gasteiger partial charge < -0.3 is 0 Å². The van der Waals surface area contributed by atoms with Crippen LogP contribution < -0.4 is 4.72 Å². The quantitative estimate of drug-likeness (QED) is 0.671. The van der Waals surface area contributed by atoms with E-state index in [1.807, 2.05) is 26.8 Å². The molecule has 0 fully saturated rings. The topological polar surface area (TPSA) is 81.1 Å².